The van der Waals surface area contributed by atoms with Gasteiger partial charge in [-0.15, -0.1) is 0 Å². The summed E-state index contributed by atoms with van der Waals surface area (Å²) < 4.78 is 45.3. The van der Waals surface area contributed by atoms with Crippen molar-refractivity contribution in [2.45, 2.75) is 163 Å². The fraction of sp³-hybridized carbons (Fsp3) is 0.596. The molecule has 3 aromatic carbocycles. The molecule has 15 atom stereocenters. The van der Waals surface area contributed by atoms with E-state index in [1.54, 1.807) is 30.3 Å². The zero-order valence-corrected chi connectivity index (χ0v) is 46.2. The smallest absolute Gasteiger partial charge is 0.338 e. The first-order valence-corrected chi connectivity index (χ1v) is 27.9. The van der Waals surface area contributed by atoms with Crippen molar-refractivity contribution < 1.29 is 108 Å². The maximum absolute atomic E-state index is 12.7. The summed E-state index contributed by atoms with van der Waals surface area (Å²) in [5, 5.41) is 105. The zero-order chi connectivity index (χ0) is 59.8. The summed E-state index contributed by atoms with van der Waals surface area (Å²) in [7, 11) is 0. The van der Waals surface area contributed by atoms with Crippen LogP contribution >= 0.6 is 0 Å². The molecule has 26 heteroatoms. The number of aliphatic hydroxyl groups excluding tert-OH is 9. The molecular formula is C57H80N4O22. The van der Waals surface area contributed by atoms with Crippen LogP contribution in [0, 0.1) is 0 Å². The van der Waals surface area contributed by atoms with E-state index in [9.17, 15) is 69.9 Å². The molecule has 3 saturated heterocycles. The van der Waals surface area contributed by atoms with Crippen LogP contribution in [0.1, 0.15) is 80.6 Å². The minimum atomic E-state index is -1.97. The van der Waals surface area contributed by atoms with E-state index >= 15 is 0 Å². The Morgan fingerprint density at radius 3 is 1.73 bits per heavy atom. The molecule has 3 aromatic rings. The molecule has 6 rings (SSSR count). The van der Waals surface area contributed by atoms with Crippen LogP contribution in [-0.4, -0.2) is 220 Å². The number of hydrogen-bond acceptors (Lipinski definition) is 22. The van der Waals surface area contributed by atoms with Crippen LogP contribution in [0.25, 0.3) is 11.1 Å². The van der Waals surface area contributed by atoms with E-state index in [4.69, 9.17) is 37.9 Å². The Morgan fingerprint density at radius 1 is 0.530 bits per heavy atom. The standard InChI is InChI=1S/C57H80N4O22/c1-33(65)61-45-48(71)52(82-57-51(74)53(47(70)40(29-63)80-57)83-56-50(73)49(72)46(69)39(28-62)79-56)41(30-64)81-55(45)76-26-12-25-59-43(67)18-7-3-9-23-58-42(66)17-8-4-10-24-60-44(68)32-77-38-21-19-35(20-22-38)36-15-11-16-37(27-36)54(75)78-31-34-13-5-2-6-14-34/h2,5-6,11,13-16,19-22,27,39-41,45-53,55-57,62-64,69-74H,3-4,7-10,12,17-18,23-26,28-32H2,1H3,(H,58,66)(H,59,67)(H,60,68)(H,61,65)/t39-,40-,41-,45-,46+,47+,48-,49+,50-,51-,52-,53+,55-,56-,57+/m1/s1. The minimum Gasteiger partial charge on any atom is -0.484 e. The van der Waals surface area contributed by atoms with E-state index < -0.39 is 124 Å². The summed E-state index contributed by atoms with van der Waals surface area (Å²) in [5.74, 6) is -1.05. The lowest BCUT2D eigenvalue weighted by molar-refractivity contribution is -0.376. The summed E-state index contributed by atoms with van der Waals surface area (Å²) in [5.41, 5.74) is 3.03. The predicted molar refractivity (Wildman–Crippen MR) is 290 cm³/mol. The number of benzene rings is 3. The predicted octanol–water partition coefficient (Wildman–Crippen LogP) is -1.44. The van der Waals surface area contributed by atoms with E-state index in [1.165, 1.54) is 6.92 Å². The third-order valence-corrected chi connectivity index (χ3v) is 14.1. The highest BCUT2D eigenvalue weighted by Crippen LogP contribution is 2.33. The number of esters is 1. The fourth-order valence-electron chi connectivity index (χ4n) is 9.46. The molecule has 3 heterocycles. The van der Waals surface area contributed by atoms with Crippen molar-refractivity contribution in [1.29, 1.82) is 0 Å². The van der Waals surface area contributed by atoms with Gasteiger partial charge >= 0.3 is 5.97 Å². The van der Waals surface area contributed by atoms with Crippen molar-refractivity contribution in [3.8, 4) is 16.9 Å². The van der Waals surface area contributed by atoms with Gasteiger partial charge in [0.25, 0.3) is 5.91 Å². The normalized spacial score (nSPS) is 27.9. The zero-order valence-electron chi connectivity index (χ0n) is 46.2. The molecule has 0 aromatic heterocycles. The quantitative estimate of drug-likeness (QED) is 0.0251. The van der Waals surface area contributed by atoms with E-state index in [0.717, 1.165) is 23.1 Å². The molecule has 0 bridgehead atoms. The van der Waals surface area contributed by atoms with Crippen LogP contribution in [-0.2, 0) is 58.9 Å². The molecule has 3 aliphatic rings. The second-order valence-electron chi connectivity index (χ2n) is 20.4. The van der Waals surface area contributed by atoms with Gasteiger partial charge in [0, 0.05) is 39.4 Å². The third kappa shape index (κ3) is 20.2. The second-order valence-corrected chi connectivity index (χ2v) is 20.4. The van der Waals surface area contributed by atoms with Crippen molar-refractivity contribution >= 4 is 29.6 Å². The van der Waals surface area contributed by atoms with Gasteiger partial charge in [-0.3, -0.25) is 19.2 Å². The average Bonchev–Trinajstić information content (AvgIpc) is 3.14. The summed E-state index contributed by atoms with van der Waals surface area (Å²) in [6.45, 7) is -0.155. The number of unbranched alkanes of at least 4 members (excludes halogenated alkanes) is 4. The summed E-state index contributed by atoms with van der Waals surface area (Å²) in [6, 6.07) is 22.5. The Hall–Kier alpha value is -5.79. The Morgan fingerprint density at radius 2 is 1.11 bits per heavy atom. The molecule has 4 amide bonds. The second kappa shape index (κ2) is 34.2. The lowest BCUT2D eigenvalue weighted by atomic mass is 9.95. The van der Waals surface area contributed by atoms with Crippen LogP contribution in [0.5, 0.6) is 5.75 Å². The van der Waals surface area contributed by atoms with Gasteiger partial charge in [0.05, 0.1) is 32.0 Å². The number of rotatable bonds is 32. The monoisotopic (exact) mass is 1170 g/mol. The lowest BCUT2D eigenvalue weighted by Gasteiger charge is -2.48. The van der Waals surface area contributed by atoms with Gasteiger partial charge in [-0.1, -0.05) is 67.4 Å². The number of carbonyl (C=O) groups excluding carboxylic acids is 5. The highest BCUT2D eigenvalue weighted by atomic mass is 16.8. The molecule has 460 valence electrons. The first-order chi connectivity index (χ1) is 40.0. The van der Waals surface area contributed by atoms with Gasteiger partial charge in [0.2, 0.25) is 17.7 Å². The van der Waals surface area contributed by atoms with E-state index in [0.29, 0.717) is 62.9 Å². The summed E-state index contributed by atoms with van der Waals surface area (Å²) >= 11 is 0. The van der Waals surface area contributed by atoms with Crippen LogP contribution in [0.15, 0.2) is 78.9 Å². The van der Waals surface area contributed by atoms with Crippen LogP contribution in [0.3, 0.4) is 0 Å². The Balaban J connectivity index is 0.789. The van der Waals surface area contributed by atoms with Gasteiger partial charge < -0.3 is 105 Å². The topological polar surface area (TPSA) is 389 Å². The minimum absolute atomic E-state index is 0.0315. The molecule has 13 N–H and O–H groups in total. The molecule has 0 radical (unpaired) electrons. The van der Waals surface area contributed by atoms with Gasteiger partial charge in [-0.2, -0.15) is 0 Å². The van der Waals surface area contributed by atoms with Crippen molar-refractivity contribution in [2.75, 3.05) is 52.7 Å². The SMILES string of the molecule is CC(=O)N[C@H]1[C@H](OCCCNC(=O)CCCCCNC(=O)CCCCCNC(=O)COc2ccc(-c3cccc(C(=O)OCc4ccccc4)c3)cc2)O[C@H](CO)[C@@H](O[C@@H]2O[C@H](CO)[C@H](O)[C@H](O[C@H]3O[C@H](CO)[C@H](O)[C@H](O)[C@H]3O)[C@H]2O)[C@@H]1O. The van der Waals surface area contributed by atoms with Gasteiger partial charge in [0.1, 0.15) is 85.5 Å². The van der Waals surface area contributed by atoms with Gasteiger partial charge in [-0.05, 0) is 73.1 Å². The Kier molecular flexibility index (Phi) is 27.4. The summed E-state index contributed by atoms with van der Waals surface area (Å²) in [4.78, 5) is 62.2. The third-order valence-electron chi connectivity index (χ3n) is 14.1. The molecule has 3 fully saturated rings. The maximum Gasteiger partial charge on any atom is 0.338 e. The van der Waals surface area contributed by atoms with Crippen molar-refractivity contribution in [2.24, 2.45) is 0 Å². The van der Waals surface area contributed by atoms with E-state index in [2.05, 4.69) is 21.3 Å². The number of hydrogen-bond donors (Lipinski definition) is 13. The highest BCUT2D eigenvalue weighted by Gasteiger charge is 2.54. The van der Waals surface area contributed by atoms with Crippen molar-refractivity contribution in [3.63, 3.8) is 0 Å². The highest BCUT2D eigenvalue weighted by molar-refractivity contribution is 5.91. The Labute approximate surface area is 480 Å². The first-order valence-electron chi connectivity index (χ1n) is 27.9. The van der Waals surface area contributed by atoms with Crippen molar-refractivity contribution in [1.82, 2.24) is 21.3 Å². The Bertz CT molecular complexity index is 2460. The largest absolute Gasteiger partial charge is 0.484 e. The van der Waals surface area contributed by atoms with Gasteiger partial charge in [-0.25, -0.2) is 4.79 Å². The number of carbonyl (C=O) groups is 5. The molecule has 83 heavy (non-hydrogen) atoms. The molecule has 0 unspecified atom stereocenters. The van der Waals surface area contributed by atoms with Gasteiger partial charge in [0.15, 0.2) is 25.5 Å². The number of ether oxygens (including phenoxy) is 8. The lowest BCUT2D eigenvalue weighted by Crippen LogP contribution is -2.68. The van der Waals surface area contributed by atoms with Crippen LogP contribution in [0.4, 0.5) is 0 Å². The molecular weight excluding hydrogens is 1090 g/mol. The molecule has 0 aliphatic carbocycles. The molecule has 26 nitrogen and oxygen atoms in total. The van der Waals surface area contributed by atoms with Crippen molar-refractivity contribution in [3.05, 3.63) is 90.0 Å². The average molecular weight is 1170 g/mol. The van der Waals surface area contributed by atoms with Crippen LogP contribution < -0.4 is 26.0 Å². The molecule has 3 aliphatic heterocycles. The fourth-order valence-corrected chi connectivity index (χ4v) is 9.46. The number of amides is 4. The van der Waals surface area contributed by atoms with E-state index in [-0.39, 0.29) is 56.9 Å². The first kappa shape index (κ1) is 66.4. The summed E-state index contributed by atoms with van der Waals surface area (Å²) in [6.07, 6.45) is -18.6. The van der Waals surface area contributed by atoms with E-state index in [1.807, 2.05) is 48.5 Å². The number of nitrogens with one attached hydrogen (secondary N) is 4. The molecule has 0 saturated carbocycles. The van der Waals surface area contributed by atoms with Crippen LogP contribution in [0.2, 0.25) is 0 Å². The maximum atomic E-state index is 12.7. The molecule has 0 spiro atoms. The number of aliphatic hydroxyl groups is 9.